The summed E-state index contributed by atoms with van der Waals surface area (Å²) in [4.78, 5) is 17.2. The van der Waals surface area contributed by atoms with E-state index in [1.54, 1.807) is 13.2 Å². The van der Waals surface area contributed by atoms with Gasteiger partial charge < -0.3 is 23.8 Å². The van der Waals surface area contributed by atoms with Crippen LogP contribution in [0.3, 0.4) is 0 Å². The quantitative estimate of drug-likeness (QED) is 0.370. The van der Waals surface area contributed by atoms with Gasteiger partial charge in [-0.3, -0.25) is 9.89 Å². The number of piperazine rings is 1. The van der Waals surface area contributed by atoms with Crippen molar-refractivity contribution in [2.45, 2.75) is 13.0 Å². The standard InChI is InChI=1S/C26H28ClN5O4/c1-16-15-31(2)8-9-32(16)26(33)18-6-4-17(5-7-18)23-14-22(30-36-23)25-19-12-20(27)24(35-11-10-34-3)13-21(19)28-29-25/h4-7,12-14,16H,8-11,15H2,1-3H3,(H,28,29)/t16-/m0/s1. The molecule has 2 aromatic heterocycles. The van der Waals surface area contributed by atoms with Crippen molar-refractivity contribution in [1.29, 1.82) is 0 Å². The van der Waals surface area contributed by atoms with Crippen molar-refractivity contribution in [2.75, 3.05) is 47.0 Å². The van der Waals surface area contributed by atoms with Crippen molar-refractivity contribution in [1.82, 2.24) is 25.2 Å². The van der Waals surface area contributed by atoms with E-state index in [2.05, 4.69) is 34.2 Å². The number of aromatic amines is 1. The SMILES string of the molecule is COCCOc1cc2[nH]nc(-c3cc(-c4ccc(C(=O)N5CCN(C)C[C@@H]5C)cc4)on3)c2cc1Cl. The molecule has 0 radical (unpaired) electrons. The van der Waals surface area contributed by atoms with Crippen LogP contribution in [0.15, 0.2) is 47.0 Å². The topological polar surface area (TPSA) is 96.7 Å². The Bertz CT molecular complexity index is 1370. The number of hydrogen-bond donors (Lipinski definition) is 1. The van der Waals surface area contributed by atoms with Gasteiger partial charge in [0.2, 0.25) is 0 Å². The van der Waals surface area contributed by atoms with E-state index >= 15 is 0 Å². The molecule has 1 N–H and O–H groups in total. The third-order valence-electron chi connectivity index (χ3n) is 6.42. The van der Waals surface area contributed by atoms with E-state index in [4.69, 9.17) is 25.6 Å². The third-order valence-corrected chi connectivity index (χ3v) is 6.72. The minimum atomic E-state index is 0.0471. The maximum Gasteiger partial charge on any atom is 0.254 e. The molecule has 5 rings (SSSR count). The zero-order valence-corrected chi connectivity index (χ0v) is 21.2. The number of hydrogen-bond acceptors (Lipinski definition) is 7. The van der Waals surface area contributed by atoms with Crippen LogP contribution >= 0.6 is 11.6 Å². The van der Waals surface area contributed by atoms with Crippen molar-refractivity contribution in [3.63, 3.8) is 0 Å². The van der Waals surface area contributed by atoms with Gasteiger partial charge in [-0.1, -0.05) is 28.9 Å². The Hall–Kier alpha value is -3.40. The van der Waals surface area contributed by atoms with Crippen LogP contribution in [-0.4, -0.2) is 84.1 Å². The Balaban J connectivity index is 1.34. The molecule has 1 amide bonds. The molecule has 0 aliphatic carbocycles. The molecule has 1 saturated heterocycles. The first-order chi connectivity index (χ1) is 17.4. The highest BCUT2D eigenvalue weighted by Gasteiger charge is 2.26. The molecule has 10 heteroatoms. The number of carbonyl (C=O) groups excluding carboxylic acids is 1. The molecule has 9 nitrogen and oxygen atoms in total. The second-order valence-electron chi connectivity index (χ2n) is 9.01. The number of nitrogens with one attached hydrogen (secondary N) is 1. The van der Waals surface area contributed by atoms with E-state index in [1.807, 2.05) is 41.3 Å². The monoisotopic (exact) mass is 509 g/mol. The van der Waals surface area contributed by atoms with Gasteiger partial charge in [0.15, 0.2) is 5.76 Å². The van der Waals surface area contributed by atoms with Gasteiger partial charge in [0.1, 0.15) is 23.7 Å². The lowest BCUT2D eigenvalue weighted by Gasteiger charge is -2.38. The molecule has 0 spiro atoms. The summed E-state index contributed by atoms with van der Waals surface area (Å²) in [5.74, 6) is 1.18. The summed E-state index contributed by atoms with van der Waals surface area (Å²) in [6, 6.07) is 13.0. The van der Waals surface area contributed by atoms with Gasteiger partial charge in [0.25, 0.3) is 5.91 Å². The molecule has 0 bridgehead atoms. The Morgan fingerprint density at radius 3 is 2.75 bits per heavy atom. The van der Waals surface area contributed by atoms with Crippen LogP contribution in [0.25, 0.3) is 33.6 Å². The van der Waals surface area contributed by atoms with Gasteiger partial charge in [0, 0.05) is 61.4 Å². The number of amides is 1. The molecular formula is C26H28ClN5O4. The van der Waals surface area contributed by atoms with Crippen LogP contribution in [0, 0.1) is 0 Å². The first kappa shape index (κ1) is 24.3. The van der Waals surface area contributed by atoms with Gasteiger partial charge in [0.05, 0.1) is 17.1 Å². The summed E-state index contributed by atoms with van der Waals surface area (Å²) in [6.07, 6.45) is 0. The summed E-state index contributed by atoms with van der Waals surface area (Å²) >= 11 is 6.43. The van der Waals surface area contributed by atoms with Crippen LogP contribution in [0.2, 0.25) is 5.02 Å². The van der Waals surface area contributed by atoms with Crippen molar-refractivity contribution in [2.24, 2.45) is 0 Å². The van der Waals surface area contributed by atoms with Gasteiger partial charge in [-0.15, -0.1) is 0 Å². The average molecular weight is 510 g/mol. The fraction of sp³-hybridized carbons (Fsp3) is 0.346. The molecule has 1 aliphatic heterocycles. The lowest BCUT2D eigenvalue weighted by molar-refractivity contribution is 0.0533. The van der Waals surface area contributed by atoms with E-state index in [9.17, 15) is 4.79 Å². The molecule has 1 aliphatic rings. The van der Waals surface area contributed by atoms with Gasteiger partial charge in [-0.25, -0.2) is 0 Å². The Labute approximate surface area is 213 Å². The highest BCUT2D eigenvalue weighted by molar-refractivity contribution is 6.33. The second-order valence-corrected chi connectivity index (χ2v) is 9.41. The van der Waals surface area contributed by atoms with Crippen molar-refractivity contribution in [3.05, 3.63) is 53.1 Å². The molecule has 0 saturated carbocycles. The van der Waals surface area contributed by atoms with Crippen LogP contribution in [-0.2, 0) is 4.74 Å². The first-order valence-electron chi connectivity index (χ1n) is 11.8. The molecule has 1 atom stereocenters. The van der Waals surface area contributed by atoms with Crippen LogP contribution in [0.1, 0.15) is 17.3 Å². The van der Waals surface area contributed by atoms with E-state index in [1.165, 1.54) is 0 Å². The number of nitrogens with zero attached hydrogens (tertiary/aromatic N) is 4. The Morgan fingerprint density at radius 1 is 1.19 bits per heavy atom. The van der Waals surface area contributed by atoms with E-state index in [0.29, 0.717) is 46.7 Å². The molecule has 1 fully saturated rings. The third kappa shape index (κ3) is 4.82. The fourth-order valence-corrected chi connectivity index (χ4v) is 4.68. The van der Waals surface area contributed by atoms with Crippen molar-refractivity contribution < 1.29 is 18.8 Å². The zero-order valence-electron chi connectivity index (χ0n) is 20.5. The Morgan fingerprint density at radius 2 is 2.00 bits per heavy atom. The number of aromatic nitrogens is 3. The summed E-state index contributed by atoms with van der Waals surface area (Å²) < 4.78 is 16.3. The summed E-state index contributed by atoms with van der Waals surface area (Å²) in [7, 11) is 3.69. The number of ether oxygens (including phenoxy) is 2. The predicted octanol–water partition coefficient (Wildman–Crippen LogP) is 4.34. The van der Waals surface area contributed by atoms with Crippen LogP contribution in [0.5, 0.6) is 5.75 Å². The highest BCUT2D eigenvalue weighted by atomic mass is 35.5. The van der Waals surface area contributed by atoms with E-state index < -0.39 is 0 Å². The summed E-state index contributed by atoms with van der Waals surface area (Å²) in [5.41, 5.74) is 3.45. The maximum absolute atomic E-state index is 13.0. The normalized spacial score (nSPS) is 16.6. The molecule has 188 valence electrons. The minimum Gasteiger partial charge on any atom is -0.490 e. The number of H-pyrrole nitrogens is 1. The maximum atomic E-state index is 13.0. The number of fused-ring (bicyclic) bond motifs is 1. The zero-order chi connectivity index (χ0) is 25.2. The fourth-order valence-electron chi connectivity index (χ4n) is 4.47. The largest absolute Gasteiger partial charge is 0.490 e. The van der Waals surface area contributed by atoms with E-state index in [0.717, 1.165) is 36.1 Å². The van der Waals surface area contributed by atoms with Crippen molar-refractivity contribution in [3.8, 4) is 28.5 Å². The molecular weight excluding hydrogens is 482 g/mol. The molecule has 4 aromatic rings. The number of likely N-dealkylation sites (N-methyl/N-ethyl adjacent to an activating group) is 1. The number of methoxy groups -OCH3 is 1. The van der Waals surface area contributed by atoms with Gasteiger partial charge >= 0.3 is 0 Å². The number of rotatable bonds is 7. The van der Waals surface area contributed by atoms with Crippen molar-refractivity contribution >= 4 is 28.4 Å². The minimum absolute atomic E-state index is 0.0471. The molecule has 3 heterocycles. The molecule has 2 aromatic carbocycles. The highest BCUT2D eigenvalue weighted by Crippen LogP contribution is 2.35. The lowest BCUT2D eigenvalue weighted by Crippen LogP contribution is -2.52. The number of benzene rings is 2. The summed E-state index contributed by atoms with van der Waals surface area (Å²) in [5, 5.41) is 12.9. The smallest absolute Gasteiger partial charge is 0.254 e. The Kier molecular flexibility index (Phi) is 6.95. The lowest BCUT2D eigenvalue weighted by atomic mass is 10.1. The molecule has 36 heavy (non-hydrogen) atoms. The first-order valence-corrected chi connectivity index (χ1v) is 12.2. The number of carbonyl (C=O) groups is 1. The second kappa shape index (κ2) is 10.3. The van der Waals surface area contributed by atoms with Gasteiger partial charge in [-0.2, -0.15) is 5.10 Å². The van der Waals surface area contributed by atoms with Crippen LogP contribution in [0.4, 0.5) is 0 Å². The molecule has 0 unspecified atom stereocenters. The predicted molar refractivity (Wildman–Crippen MR) is 137 cm³/mol. The van der Waals surface area contributed by atoms with Gasteiger partial charge in [-0.05, 0) is 32.2 Å². The van der Waals surface area contributed by atoms with Crippen LogP contribution < -0.4 is 4.74 Å². The van der Waals surface area contributed by atoms with E-state index in [-0.39, 0.29) is 11.9 Å². The summed E-state index contributed by atoms with van der Waals surface area (Å²) in [6.45, 7) is 5.43. The average Bonchev–Trinajstić information content (AvgIpc) is 3.51. The number of halogens is 1.